The standard InChI is InChI=1S/C18H28N4O2S/c23-17(21-8-2-1-3-9-21)15-20-10-12-22(13-11-20)18(24)19-7-6-16-5-4-14-25-16/h4-5,14H,1-3,6-13,15H2,(H,19,24). The van der Waals surface area contributed by atoms with Gasteiger partial charge < -0.3 is 15.1 Å². The number of piperazine rings is 1. The third-order valence-electron chi connectivity index (χ3n) is 4.95. The lowest BCUT2D eigenvalue weighted by atomic mass is 10.1. The predicted molar refractivity (Wildman–Crippen MR) is 99.9 cm³/mol. The quantitative estimate of drug-likeness (QED) is 0.864. The molecule has 0 spiro atoms. The van der Waals surface area contributed by atoms with Crippen molar-refractivity contribution in [3.63, 3.8) is 0 Å². The molecule has 25 heavy (non-hydrogen) atoms. The zero-order valence-corrected chi connectivity index (χ0v) is 15.6. The molecular formula is C18H28N4O2S. The van der Waals surface area contributed by atoms with Crippen LogP contribution in [0.5, 0.6) is 0 Å². The van der Waals surface area contributed by atoms with Gasteiger partial charge in [-0.3, -0.25) is 9.69 Å². The lowest BCUT2D eigenvalue weighted by Gasteiger charge is -2.36. The first-order chi connectivity index (χ1) is 12.2. The van der Waals surface area contributed by atoms with Gasteiger partial charge in [-0.25, -0.2) is 4.79 Å². The Morgan fingerprint density at radius 1 is 1.00 bits per heavy atom. The van der Waals surface area contributed by atoms with Gasteiger partial charge in [0.25, 0.3) is 0 Å². The summed E-state index contributed by atoms with van der Waals surface area (Å²) in [4.78, 5) is 31.9. The first-order valence-corrected chi connectivity index (χ1v) is 10.2. The molecule has 2 fully saturated rings. The Hall–Kier alpha value is -1.60. The second kappa shape index (κ2) is 9.20. The van der Waals surface area contributed by atoms with Crippen molar-refractivity contribution < 1.29 is 9.59 Å². The second-order valence-electron chi connectivity index (χ2n) is 6.77. The molecule has 0 aromatic carbocycles. The first-order valence-electron chi connectivity index (χ1n) is 9.27. The van der Waals surface area contributed by atoms with E-state index in [1.54, 1.807) is 11.3 Å². The van der Waals surface area contributed by atoms with Crippen LogP contribution in [0.15, 0.2) is 17.5 Å². The summed E-state index contributed by atoms with van der Waals surface area (Å²) in [7, 11) is 0. The average Bonchev–Trinajstić information content (AvgIpc) is 3.16. The lowest BCUT2D eigenvalue weighted by Crippen LogP contribution is -2.54. The molecule has 1 aromatic heterocycles. The molecule has 7 heteroatoms. The number of piperidine rings is 1. The zero-order valence-electron chi connectivity index (χ0n) is 14.8. The van der Waals surface area contributed by atoms with Crippen LogP contribution in [0.25, 0.3) is 0 Å². The van der Waals surface area contributed by atoms with Crippen LogP contribution in [-0.4, -0.2) is 79.0 Å². The molecule has 0 atom stereocenters. The summed E-state index contributed by atoms with van der Waals surface area (Å²) in [5.74, 6) is 0.244. The van der Waals surface area contributed by atoms with Gasteiger partial charge >= 0.3 is 6.03 Å². The summed E-state index contributed by atoms with van der Waals surface area (Å²) in [6.45, 7) is 5.92. The number of carbonyl (C=O) groups excluding carboxylic acids is 2. The van der Waals surface area contributed by atoms with Crippen molar-refractivity contribution in [2.75, 3.05) is 52.4 Å². The summed E-state index contributed by atoms with van der Waals surface area (Å²) in [5, 5.41) is 5.06. The Bertz CT molecular complexity index is 549. The maximum atomic E-state index is 12.3. The van der Waals surface area contributed by atoms with E-state index in [1.807, 2.05) is 15.9 Å². The monoisotopic (exact) mass is 364 g/mol. The Morgan fingerprint density at radius 2 is 1.76 bits per heavy atom. The zero-order chi connectivity index (χ0) is 17.5. The summed E-state index contributed by atoms with van der Waals surface area (Å²) in [5.41, 5.74) is 0. The maximum absolute atomic E-state index is 12.3. The van der Waals surface area contributed by atoms with Gasteiger partial charge in [0.15, 0.2) is 0 Å². The van der Waals surface area contributed by atoms with Crippen LogP contribution < -0.4 is 5.32 Å². The molecule has 0 unspecified atom stereocenters. The van der Waals surface area contributed by atoms with Crippen molar-refractivity contribution in [2.45, 2.75) is 25.7 Å². The van der Waals surface area contributed by atoms with Crippen LogP contribution in [0.1, 0.15) is 24.1 Å². The molecule has 6 nitrogen and oxygen atoms in total. The number of hydrogen-bond acceptors (Lipinski definition) is 4. The molecule has 2 saturated heterocycles. The van der Waals surface area contributed by atoms with E-state index in [4.69, 9.17) is 0 Å². The molecule has 2 aliphatic heterocycles. The highest BCUT2D eigenvalue weighted by Gasteiger charge is 2.24. The normalized spacial score (nSPS) is 19.0. The SMILES string of the molecule is O=C(CN1CCN(C(=O)NCCc2cccs2)CC1)N1CCCCC1. The van der Waals surface area contributed by atoms with E-state index in [2.05, 4.69) is 21.7 Å². The van der Waals surface area contributed by atoms with E-state index >= 15 is 0 Å². The number of nitrogens with zero attached hydrogens (tertiary/aromatic N) is 3. The number of nitrogens with one attached hydrogen (secondary N) is 1. The van der Waals surface area contributed by atoms with Gasteiger partial charge in [0.2, 0.25) is 5.91 Å². The van der Waals surface area contributed by atoms with Crippen LogP contribution >= 0.6 is 11.3 Å². The highest BCUT2D eigenvalue weighted by Crippen LogP contribution is 2.11. The summed E-state index contributed by atoms with van der Waals surface area (Å²) in [6.07, 6.45) is 4.38. The van der Waals surface area contributed by atoms with Crippen molar-refractivity contribution in [3.8, 4) is 0 Å². The van der Waals surface area contributed by atoms with Crippen LogP contribution in [0.3, 0.4) is 0 Å². The molecule has 0 radical (unpaired) electrons. The van der Waals surface area contributed by atoms with Crippen molar-refractivity contribution >= 4 is 23.3 Å². The molecule has 1 aromatic rings. The third kappa shape index (κ3) is 5.44. The molecule has 0 saturated carbocycles. The fraction of sp³-hybridized carbons (Fsp3) is 0.667. The molecule has 3 amide bonds. The van der Waals surface area contributed by atoms with E-state index in [0.717, 1.165) is 45.4 Å². The molecule has 2 aliphatic rings. The highest BCUT2D eigenvalue weighted by atomic mass is 32.1. The molecule has 0 aliphatic carbocycles. The largest absolute Gasteiger partial charge is 0.342 e. The summed E-state index contributed by atoms with van der Waals surface area (Å²) in [6, 6.07) is 4.14. The van der Waals surface area contributed by atoms with E-state index in [1.165, 1.54) is 11.3 Å². The third-order valence-corrected chi connectivity index (χ3v) is 5.89. The molecule has 1 N–H and O–H groups in total. The fourth-order valence-electron chi connectivity index (χ4n) is 3.40. The van der Waals surface area contributed by atoms with Crippen LogP contribution in [0.2, 0.25) is 0 Å². The van der Waals surface area contributed by atoms with E-state index in [0.29, 0.717) is 26.2 Å². The van der Waals surface area contributed by atoms with Crippen molar-refractivity contribution in [1.29, 1.82) is 0 Å². The summed E-state index contributed by atoms with van der Waals surface area (Å²) >= 11 is 1.72. The van der Waals surface area contributed by atoms with E-state index in [-0.39, 0.29) is 11.9 Å². The van der Waals surface area contributed by atoms with Gasteiger partial charge in [-0.2, -0.15) is 0 Å². The second-order valence-corrected chi connectivity index (χ2v) is 7.80. The summed E-state index contributed by atoms with van der Waals surface area (Å²) < 4.78 is 0. The lowest BCUT2D eigenvalue weighted by molar-refractivity contribution is -0.133. The van der Waals surface area contributed by atoms with Crippen molar-refractivity contribution in [2.24, 2.45) is 0 Å². The molecule has 0 bridgehead atoms. The van der Waals surface area contributed by atoms with Crippen LogP contribution in [-0.2, 0) is 11.2 Å². The van der Waals surface area contributed by atoms with E-state index < -0.39 is 0 Å². The number of urea groups is 1. The minimum atomic E-state index is 0.0126. The molecular weight excluding hydrogens is 336 g/mol. The van der Waals surface area contributed by atoms with Crippen molar-refractivity contribution in [1.82, 2.24) is 20.0 Å². The number of hydrogen-bond donors (Lipinski definition) is 1. The highest BCUT2D eigenvalue weighted by molar-refractivity contribution is 7.09. The number of amides is 3. The van der Waals surface area contributed by atoms with Gasteiger partial charge in [0, 0.05) is 50.7 Å². The fourth-order valence-corrected chi connectivity index (χ4v) is 4.11. The Kier molecular flexibility index (Phi) is 6.69. The Labute approximate surface area is 153 Å². The van der Waals surface area contributed by atoms with Gasteiger partial charge in [-0.05, 0) is 37.1 Å². The minimum absolute atomic E-state index is 0.0126. The average molecular weight is 365 g/mol. The molecule has 3 rings (SSSR count). The van der Waals surface area contributed by atoms with Gasteiger partial charge in [-0.1, -0.05) is 6.07 Å². The molecule has 3 heterocycles. The van der Waals surface area contributed by atoms with E-state index in [9.17, 15) is 9.59 Å². The minimum Gasteiger partial charge on any atom is -0.342 e. The van der Waals surface area contributed by atoms with Gasteiger partial charge in [0.1, 0.15) is 0 Å². The number of thiophene rings is 1. The Morgan fingerprint density at radius 3 is 2.44 bits per heavy atom. The number of rotatable bonds is 5. The van der Waals surface area contributed by atoms with Gasteiger partial charge in [-0.15, -0.1) is 11.3 Å². The first kappa shape index (κ1) is 18.2. The number of likely N-dealkylation sites (tertiary alicyclic amines) is 1. The van der Waals surface area contributed by atoms with Crippen LogP contribution in [0, 0.1) is 0 Å². The van der Waals surface area contributed by atoms with Gasteiger partial charge in [0.05, 0.1) is 6.54 Å². The molecule has 138 valence electrons. The maximum Gasteiger partial charge on any atom is 0.317 e. The number of carbonyl (C=O) groups is 2. The smallest absolute Gasteiger partial charge is 0.317 e. The predicted octanol–water partition coefficient (Wildman–Crippen LogP) is 1.63. The van der Waals surface area contributed by atoms with Crippen molar-refractivity contribution in [3.05, 3.63) is 22.4 Å². The van der Waals surface area contributed by atoms with Crippen LogP contribution in [0.4, 0.5) is 4.79 Å². The Balaban J connectivity index is 1.33. The topological polar surface area (TPSA) is 55.9 Å².